The van der Waals surface area contributed by atoms with Crippen LogP contribution in [-0.4, -0.2) is 35.7 Å². The summed E-state index contributed by atoms with van der Waals surface area (Å²) < 4.78 is 25.1. The molecule has 0 bridgehead atoms. The number of sulfone groups is 1. The van der Waals surface area contributed by atoms with Gasteiger partial charge in [-0.3, -0.25) is 4.68 Å². The van der Waals surface area contributed by atoms with Crippen molar-refractivity contribution in [2.45, 2.75) is 58.7 Å². The molecule has 1 aliphatic carbocycles. The number of hydrogen-bond acceptors (Lipinski definition) is 4. The summed E-state index contributed by atoms with van der Waals surface area (Å²) in [6, 6.07) is 0.674. The normalized spacial score (nSPS) is 15.7. The Morgan fingerprint density at radius 1 is 1.40 bits per heavy atom. The second kappa shape index (κ2) is 6.72. The van der Waals surface area contributed by atoms with Crippen LogP contribution in [0.25, 0.3) is 0 Å². The molecule has 1 fully saturated rings. The van der Waals surface area contributed by atoms with Gasteiger partial charge in [-0.25, -0.2) is 8.42 Å². The van der Waals surface area contributed by atoms with Crippen molar-refractivity contribution in [1.82, 2.24) is 15.1 Å². The fourth-order valence-electron chi connectivity index (χ4n) is 2.23. The molecule has 0 amide bonds. The molecular formula is C14H25N3O2S. The molecule has 20 heavy (non-hydrogen) atoms. The quantitative estimate of drug-likeness (QED) is 0.751. The van der Waals surface area contributed by atoms with E-state index in [-0.39, 0.29) is 11.5 Å². The van der Waals surface area contributed by atoms with Crippen LogP contribution in [0.2, 0.25) is 0 Å². The third-order valence-corrected chi connectivity index (χ3v) is 5.42. The van der Waals surface area contributed by atoms with E-state index in [2.05, 4.69) is 17.3 Å². The largest absolute Gasteiger partial charge is 0.310 e. The average molecular weight is 299 g/mol. The highest BCUT2D eigenvalue weighted by Crippen LogP contribution is 2.20. The van der Waals surface area contributed by atoms with Gasteiger partial charge in [0.05, 0.1) is 18.5 Å². The number of aryl methyl sites for hydroxylation is 1. The molecule has 1 aromatic rings. The van der Waals surface area contributed by atoms with Crippen LogP contribution in [-0.2, 0) is 29.3 Å². The molecule has 1 aromatic heterocycles. The zero-order valence-corrected chi connectivity index (χ0v) is 13.2. The van der Waals surface area contributed by atoms with Crippen molar-refractivity contribution in [1.29, 1.82) is 0 Å². The molecular weight excluding hydrogens is 274 g/mol. The van der Waals surface area contributed by atoms with Crippen LogP contribution < -0.4 is 5.32 Å². The molecule has 0 saturated heterocycles. The van der Waals surface area contributed by atoms with Crippen molar-refractivity contribution >= 4 is 9.84 Å². The van der Waals surface area contributed by atoms with E-state index in [4.69, 9.17) is 0 Å². The van der Waals surface area contributed by atoms with Crippen molar-refractivity contribution in [3.63, 3.8) is 0 Å². The van der Waals surface area contributed by atoms with E-state index in [0.29, 0.717) is 12.6 Å². The standard InChI is InChI=1S/C14H25N3O2S/c1-3-5-14-12(10-15-13-6-7-13)11-16-17(14)8-9-20(18,19)4-2/h11,13,15H,3-10H2,1-2H3. The van der Waals surface area contributed by atoms with E-state index in [9.17, 15) is 8.42 Å². The van der Waals surface area contributed by atoms with Gasteiger partial charge in [-0.15, -0.1) is 0 Å². The van der Waals surface area contributed by atoms with Crippen molar-refractivity contribution in [2.75, 3.05) is 11.5 Å². The molecule has 1 saturated carbocycles. The van der Waals surface area contributed by atoms with Gasteiger partial charge in [0.2, 0.25) is 0 Å². The zero-order chi connectivity index (χ0) is 14.6. The molecule has 1 aliphatic rings. The topological polar surface area (TPSA) is 64.0 Å². The minimum absolute atomic E-state index is 0.178. The van der Waals surface area contributed by atoms with Crippen LogP contribution in [0.3, 0.4) is 0 Å². The molecule has 2 rings (SSSR count). The Morgan fingerprint density at radius 3 is 2.75 bits per heavy atom. The first-order valence-electron chi connectivity index (χ1n) is 7.53. The summed E-state index contributed by atoms with van der Waals surface area (Å²) >= 11 is 0. The minimum atomic E-state index is -2.93. The van der Waals surface area contributed by atoms with Gasteiger partial charge in [0, 0.05) is 29.6 Å². The average Bonchev–Trinajstić information content (AvgIpc) is 3.18. The molecule has 0 radical (unpaired) electrons. The van der Waals surface area contributed by atoms with E-state index in [1.54, 1.807) is 6.92 Å². The Balaban J connectivity index is 2.02. The number of aromatic nitrogens is 2. The van der Waals surface area contributed by atoms with Crippen LogP contribution in [0.5, 0.6) is 0 Å². The van der Waals surface area contributed by atoms with Crippen molar-refractivity contribution < 1.29 is 8.42 Å². The van der Waals surface area contributed by atoms with E-state index < -0.39 is 9.84 Å². The molecule has 0 spiro atoms. The number of hydrogen-bond donors (Lipinski definition) is 1. The Hall–Kier alpha value is -0.880. The maximum absolute atomic E-state index is 11.6. The Morgan fingerprint density at radius 2 is 2.15 bits per heavy atom. The molecule has 0 aliphatic heterocycles. The second-order valence-electron chi connectivity index (χ2n) is 5.48. The molecule has 6 heteroatoms. The summed E-state index contributed by atoms with van der Waals surface area (Å²) in [6.07, 6.45) is 6.42. The third kappa shape index (κ3) is 4.31. The third-order valence-electron chi connectivity index (χ3n) is 3.73. The lowest BCUT2D eigenvalue weighted by Gasteiger charge is -2.09. The van der Waals surface area contributed by atoms with Crippen LogP contribution in [0.1, 0.15) is 44.4 Å². The predicted octanol–water partition coefficient (Wildman–Crippen LogP) is 1.52. The van der Waals surface area contributed by atoms with E-state index in [1.165, 1.54) is 24.1 Å². The Labute approximate surface area is 121 Å². The fourth-order valence-corrected chi connectivity index (χ4v) is 2.97. The van der Waals surface area contributed by atoms with Crippen molar-refractivity contribution in [3.8, 4) is 0 Å². The summed E-state index contributed by atoms with van der Waals surface area (Å²) in [6.45, 7) is 5.14. The maximum atomic E-state index is 11.6. The van der Waals surface area contributed by atoms with Crippen molar-refractivity contribution in [3.05, 3.63) is 17.5 Å². The monoisotopic (exact) mass is 299 g/mol. The Bertz CT molecular complexity index is 533. The molecule has 1 N–H and O–H groups in total. The number of nitrogens with one attached hydrogen (secondary N) is 1. The SMILES string of the molecule is CCCc1c(CNC2CC2)cnn1CCS(=O)(=O)CC. The van der Waals surface area contributed by atoms with Crippen LogP contribution in [0, 0.1) is 0 Å². The van der Waals surface area contributed by atoms with Gasteiger partial charge < -0.3 is 5.32 Å². The summed E-state index contributed by atoms with van der Waals surface area (Å²) in [5, 5.41) is 7.88. The smallest absolute Gasteiger partial charge is 0.151 e. The fraction of sp³-hybridized carbons (Fsp3) is 0.786. The highest BCUT2D eigenvalue weighted by Gasteiger charge is 2.21. The lowest BCUT2D eigenvalue weighted by atomic mass is 10.1. The van der Waals surface area contributed by atoms with E-state index >= 15 is 0 Å². The highest BCUT2D eigenvalue weighted by molar-refractivity contribution is 7.91. The lowest BCUT2D eigenvalue weighted by Crippen LogP contribution is -2.19. The van der Waals surface area contributed by atoms with Crippen LogP contribution in [0.4, 0.5) is 0 Å². The van der Waals surface area contributed by atoms with Gasteiger partial charge in [-0.2, -0.15) is 5.10 Å². The predicted molar refractivity (Wildman–Crippen MR) is 80.4 cm³/mol. The van der Waals surface area contributed by atoms with Crippen LogP contribution in [0.15, 0.2) is 6.20 Å². The van der Waals surface area contributed by atoms with E-state index in [1.807, 2.05) is 10.9 Å². The first-order valence-corrected chi connectivity index (χ1v) is 9.35. The Kier molecular flexibility index (Phi) is 5.21. The summed E-state index contributed by atoms with van der Waals surface area (Å²) in [7, 11) is -2.93. The van der Waals surface area contributed by atoms with Gasteiger partial charge >= 0.3 is 0 Å². The van der Waals surface area contributed by atoms with E-state index in [0.717, 1.165) is 19.4 Å². The molecule has 5 nitrogen and oxygen atoms in total. The maximum Gasteiger partial charge on any atom is 0.151 e. The molecule has 114 valence electrons. The zero-order valence-electron chi connectivity index (χ0n) is 12.4. The van der Waals surface area contributed by atoms with Gasteiger partial charge in [-0.1, -0.05) is 20.3 Å². The molecule has 0 unspecified atom stereocenters. The molecule has 0 aromatic carbocycles. The van der Waals surface area contributed by atoms with Gasteiger partial charge in [0.25, 0.3) is 0 Å². The number of nitrogens with zero attached hydrogens (tertiary/aromatic N) is 2. The van der Waals surface area contributed by atoms with Crippen LogP contribution >= 0.6 is 0 Å². The minimum Gasteiger partial charge on any atom is -0.310 e. The first-order chi connectivity index (χ1) is 9.55. The molecule has 1 heterocycles. The van der Waals surface area contributed by atoms with Gasteiger partial charge in [-0.05, 0) is 19.3 Å². The highest BCUT2D eigenvalue weighted by atomic mass is 32.2. The lowest BCUT2D eigenvalue weighted by molar-refractivity contribution is 0.571. The summed E-state index contributed by atoms with van der Waals surface area (Å²) in [5.74, 6) is 0.380. The van der Waals surface area contributed by atoms with Gasteiger partial charge in [0.15, 0.2) is 9.84 Å². The molecule has 0 atom stereocenters. The second-order valence-corrected chi connectivity index (χ2v) is 7.95. The first kappa shape index (κ1) is 15.5. The summed E-state index contributed by atoms with van der Waals surface area (Å²) in [4.78, 5) is 0. The van der Waals surface area contributed by atoms with Crippen molar-refractivity contribution in [2.24, 2.45) is 0 Å². The number of rotatable bonds is 9. The van der Waals surface area contributed by atoms with Gasteiger partial charge in [0.1, 0.15) is 0 Å². The summed E-state index contributed by atoms with van der Waals surface area (Å²) in [5.41, 5.74) is 2.40.